The van der Waals surface area contributed by atoms with Gasteiger partial charge in [-0.1, -0.05) is 47.4 Å². The first kappa shape index (κ1) is 21.7. The number of thiocarbonyl (C=S) groups is 1. The summed E-state index contributed by atoms with van der Waals surface area (Å²) in [7, 11) is 0. The number of benzene rings is 2. The second-order valence-corrected chi connectivity index (χ2v) is 8.22. The van der Waals surface area contributed by atoms with Crippen LogP contribution in [0.5, 0.6) is 5.75 Å². The van der Waals surface area contributed by atoms with Crippen LogP contribution in [0.1, 0.15) is 36.2 Å². The summed E-state index contributed by atoms with van der Waals surface area (Å²) < 4.78 is 6.58. The van der Waals surface area contributed by atoms with Gasteiger partial charge in [0.15, 0.2) is 5.11 Å². The molecule has 0 bridgehead atoms. The Balaban J connectivity index is 2.09. The molecule has 0 spiro atoms. The smallest absolute Gasteiger partial charge is 0.261 e. The predicted molar refractivity (Wildman–Crippen MR) is 119 cm³/mol. The van der Waals surface area contributed by atoms with Crippen LogP contribution >= 0.6 is 39.7 Å². The lowest BCUT2D eigenvalue weighted by atomic mass is 10.1. The van der Waals surface area contributed by atoms with Crippen molar-refractivity contribution in [2.75, 3.05) is 11.9 Å². The summed E-state index contributed by atoms with van der Waals surface area (Å²) in [5, 5.41) is 6.52. The zero-order valence-electron chi connectivity index (χ0n) is 15.4. The largest absolute Gasteiger partial charge is 0.493 e. The van der Waals surface area contributed by atoms with Crippen LogP contribution in [-0.2, 0) is 0 Å². The van der Waals surface area contributed by atoms with Gasteiger partial charge in [-0.05, 0) is 67.4 Å². The van der Waals surface area contributed by atoms with E-state index < -0.39 is 0 Å². The Kier molecular flexibility index (Phi) is 8.07. The van der Waals surface area contributed by atoms with Crippen LogP contribution in [-0.4, -0.2) is 17.6 Å². The first-order valence-electron chi connectivity index (χ1n) is 8.57. The van der Waals surface area contributed by atoms with Crippen molar-refractivity contribution >= 4 is 56.5 Å². The number of rotatable bonds is 6. The highest BCUT2D eigenvalue weighted by molar-refractivity contribution is 9.10. The molecule has 144 valence electrons. The topological polar surface area (TPSA) is 50.4 Å². The van der Waals surface area contributed by atoms with Crippen LogP contribution in [0, 0.1) is 12.8 Å². The molecule has 4 nitrogen and oxygen atoms in total. The number of carbonyl (C=O) groups is 1. The number of hydrogen-bond donors (Lipinski definition) is 2. The molecule has 0 radical (unpaired) electrons. The van der Waals surface area contributed by atoms with E-state index >= 15 is 0 Å². The van der Waals surface area contributed by atoms with Crippen LogP contribution in [0.4, 0.5) is 5.69 Å². The van der Waals surface area contributed by atoms with Gasteiger partial charge in [-0.15, -0.1) is 0 Å². The van der Waals surface area contributed by atoms with Crippen LogP contribution in [0.25, 0.3) is 0 Å². The van der Waals surface area contributed by atoms with Crippen LogP contribution in [0.2, 0.25) is 5.02 Å². The van der Waals surface area contributed by atoms with Gasteiger partial charge in [0.05, 0.1) is 12.2 Å². The highest BCUT2D eigenvalue weighted by Crippen LogP contribution is 2.25. The number of halogens is 2. The molecular weight excluding hydrogens is 448 g/mol. The van der Waals surface area contributed by atoms with Crippen molar-refractivity contribution in [1.82, 2.24) is 5.32 Å². The maximum absolute atomic E-state index is 12.7. The summed E-state index contributed by atoms with van der Waals surface area (Å²) in [5.41, 5.74) is 2.02. The molecule has 7 heteroatoms. The van der Waals surface area contributed by atoms with Crippen molar-refractivity contribution in [3.8, 4) is 5.75 Å². The second-order valence-electron chi connectivity index (χ2n) is 6.49. The summed E-state index contributed by atoms with van der Waals surface area (Å²) in [6.07, 6.45) is 0.908. The zero-order valence-corrected chi connectivity index (χ0v) is 18.6. The predicted octanol–water partition coefficient (Wildman–Crippen LogP) is 5.96. The Morgan fingerprint density at radius 1 is 1.30 bits per heavy atom. The normalized spacial score (nSPS) is 10.6. The second kappa shape index (κ2) is 10.1. The molecule has 1 amide bonds. The number of anilines is 1. The van der Waals surface area contributed by atoms with Gasteiger partial charge in [-0.25, -0.2) is 0 Å². The van der Waals surface area contributed by atoms with E-state index in [4.69, 9.17) is 28.6 Å². The van der Waals surface area contributed by atoms with Crippen molar-refractivity contribution in [2.45, 2.75) is 27.2 Å². The Hall–Kier alpha value is -1.63. The number of hydrogen-bond acceptors (Lipinski definition) is 3. The van der Waals surface area contributed by atoms with E-state index in [0.717, 1.165) is 22.1 Å². The third kappa shape index (κ3) is 6.48. The highest BCUT2D eigenvalue weighted by Gasteiger charge is 2.15. The van der Waals surface area contributed by atoms with Gasteiger partial charge < -0.3 is 10.1 Å². The van der Waals surface area contributed by atoms with E-state index in [1.807, 2.05) is 25.1 Å². The average Bonchev–Trinajstić information content (AvgIpc) is 2.59. The van der Waals surface area contributed by atoms with Gasteiger partial charge >= 0.3 is 0 Å². The van der Waals surface area contributed by atoms with Crippen LogP contribution in [0.3, 0.4) is 0 Å². The Morgan fingerprint density at radius 2 is 2.04 bits per heavy atom. The van der Waals surface area contributed by atoms with Gasteiger partial charge in [-0.2, -0.15) is 0 Å². The zero-order chi connectivity index (χ0) is 20.0. The Morgan fingerprint density at radius 3 is 2.74 bits per heavy atom. The Bertz CT molecular complexity index is 843. The van der Waals surface area contributed by atoms with E-state index in [9.17, 15) is 4.79 Å². The highest BCUT2D eigenvalue weighted by atomic mass is 79.9. The van der Waals surface area contributed by atoms with Crippen molar-refractivity contribution in [1.29, 1.82) is 0 Å². The molecule has 0 aliphatic rings. The maximum Gasteiger partial charge on any atom is 0.261 e. The summed E-state index contributed by atoms with van der Waals surface area (Å²) >= 11 is 14.8. The molecule has 0 saturated carbocycles. The minimum absolute atomic E-state index is 0.193. The fourth-order valence-electron chi connectivity index (χ4n) is 2.28. The van der Waals surface area contributed by atoms with E-state index in [1.54, 1.807) is 18.2 Å². The standard InChI is InChI=1S/C20H22BrClN2O2S/c1-12(2)9-10-26-18-8-7-14(21)11-15(18)19(25)24-20(27)23-17-6-4-5-16(22)13(17)3/h4-8,11-12H,9-10H2,1-3H3,(H2,23,24,25,27). The minimum Gasteiger partial charge on any atom is -0.493 e. The van der Waals surface area contributed by atoms with Crippen molar-refractivity contribution in [3.05, 3.63) is 57.0 Å². The molecule has 0 aliphatic heterocycles. The quantitative estimate of drug-likeness (QED) is 0.512. The number of nitrogens with one attached hydrogen (secondary N) is 2. The molecule has 0 fully saturated rings. The molecule has 0 aromatic heterocycles. The molecule has 2 N–H and O–H groups in total. The third-order valence-corrected chi connectivity index (χ3v) is 4.99. The number of amides is 1. The molecule has 0 atom stereocenters. The monoisotopic (exact) mass is 468 g/mol. The molecule has 2 aromatic carbocycles. The van der Waals surface area contributed by atoms with E-state index in [2.05, 4.69) is 40.4 Å². The lowest BCUT2D eigenvalue weighted by molar-refractivity contribution is 0.0973. The van der Waals surface area contributed by atoms with Crippen molar-refractivity contribution in [2.24, 2.45) is 5.92 Å². The van der Waals surface area contributed by atoms with E-state index in [0.29, 0.717) is 28.9 Å². The number of carbonyl (C=O) groups excluding carboxylic acids is 1. The Labute approximate surface area is 178 Å². The average molecular weight is 470 g/mol. The first-order chi connectivity index (χ1) is 12.8. The SMILES string of the molecule is Cc1c(Cl)cccc1NC(=S)NC(=O)c1cc(Br)ccc1OCCC(C)C. The molecule has 0 aliphatic carbocycles. The lowest BCUT2D eigenvalue weighted by Gasteiger charge is -2.15. The van der Waals surface area contributed by atoms with Crippen LogP contribution < -0.4 is 15.4 Å². The summed E-state index contributed by atoms with van der Waals surface area (Å²) in [5.74, 6) is 0.710. The minimum atomic E-state index is -0.340. The maximum atomic E-state index is 12.7. The summed E-state index contributed by atoms with van der Waals surface area (Å²) in [6.45, 7) is 6.68. The van der Waals surface area contributed by atoms with E-state index in [1.165, 1.54) is 0 Å². The van der Waals surface area contributed by atoms with Gasteiger partial charge in [0.1, 0.15) is 5.75 Å². The van der Waals surface area contributed by atoms with Gasteiger partial charge in [-0.3, -0.25) is 10.1 Å². The van der Waals surface area contributed by atoms with Crippen LogP contribution in [0.15, 0.2) is 40.9 Å². The molecular formula is C20H22BrClN2O2S. The molecule has 0 unspecified atom stereocenters. The molecule has 27 heavy (non-hydrogen) atoms. The van der Waals surface area contributed by atoms with Gasteiger partial charge in [0.25, 0.3) is 5.91 Å². The summed E-state index contributed by atoms with van der Waals surface area (Å²) in [4.78, 5) is 12.7. The molecule has 2 aromatic rings. The molecule has 0 saturated heterocycles. The van der Waals surface area contributed by atoms with E-state index in [-0.39, 0.29) is 11.0 Å². The van der Waals surface area contributed by atoms with Crippen molar-refractivity contribution < 1.29 is 9.53 Å². The first-order valence-corrected chi connectivity index (χ1v) is 10.2. The molecule has 2 rings (SSSR count). The third-order valence-electron chi connectivity index (χ3n) is 3.88. The molecule has 0 heterocycles. The van der Waals surface area contributed by atoms with Crippen molar-refractivity contribution in [3.63, 3.8) is 0 Å². The van der Waals surface area contributed by atoms with Gasteiger partial charge in [0.2, 0.25) is 0 Å². The number of ether oxygens (including phenoxy) is 1. The fourth-order valence-corrected chi connectivity index (χ4v) is 3.02. The summed E-state index contributed by atoms with van der Waals surface area (Å²) in [6, 6.07) is 10.8. The lowest BCUT2D eigenvalue weighted by Crippen LogP contribution is -2.34. The van der Waals surface area contributed by atoms with Gasteiger partial charge in [0, 0.05) is 15.2 Å². The fraction of sp³-hybridized carbons (Fsp3) is 0.300.